The van der Waals surface area contributed by atoms with E-state index < -0.39 is 42.0 Å². The van der Waals surface area contributed by atoms with Crippen LogP contribution in [0.3, 0.4) is 0 Å². The fourth-order valence-electron chi connectivity index (χ4n) is 3.20. The van der Waals surface area contributed by atoms with Crippen LogP contribution in [0.15, 0.2) is 0 Å². The van der Waals surface area contributed by atoms with Crippen LogP contribution in [0.1, 0.15) is 52.9 Å². The number of hydrogen-bond donors (Lipinski definition) is 5. The second kappa shape index (κ2) is 11.7. The van der Waals surface area contributed by atoms with Gasteiger partial charge in [0.05, 0.1) is 6.04 Å². The molecule has 10 nitrogen and oxygen atoms in total. The SMILES string of the molecule is CC(NC(=O)C1CCCN1C(=O)C(CCCCN)NC(=O)C(N)C(C)C)C(=O)O. The van der Waals surface area contributed by atoms with Crippen molar-refractivity contribution in [3.63, 3.8) is 0 Å². The van der Waals surface area contributed by atoms with Gasteiger partial charge >= 0.3 is 5.97 Å². The van der Waals surface area contributed by atoms with Gasteiger partial charge in [0.2, 0.25) is 17.7 Å². The van der Waals surface area contributed by atoms with Gasteiger partial charge in [-0.1, -0.05) is 13.8 Å². The van der Waals surface area contributed by atoms with Gasteiger partial charge in [-0.15, -0.1) is 0 Å². The monoisotopic (exact) mass is 413 g/mol. The standard InChI is InChI=1S/C19H35N5O5/c1-11(2)15(21)17(26)23-13(7-4-5-9-20)18(27)24-10-6-8-14(24)16(25)22-12(3)19(28)29/h11-15H,4-10,20-21H2,1-3H3,(H,22,25)(H,23,26)(H,28,29). The summed E-state index contributed by atoms with van der Waals surface area (Å²) in [5.41, 5.74) is 11.4. The summed E-state index contributed by atoms with van der Waals surface area (Å²) in [5, 5.41) is 14.1. The minimum Gasteiger partial charge on any atom is -0.480 e. The Hall–Kier alpha value is -2.20. The first-order valence-corrected chi connectivity index (χ1v) is 10.2. The maximum atomic E-state index is 13.1. The van der Waals surface area contributed by atoms with E-state index in [0.29, 0.717) is 45.2 Å². The predicted molar refractivity (Wildman–Crippen MR) is 108 cm³/mol. The van der Waals surface area contributed by atoms with Crippen LogP contribution in [0.2, 0.25) is 0 Å². The van der Waals surface area contributed by atoms with Crippen molar-refractivity contribution in [2.24, 2.45) is 17.4 Å². The Kier molecular flexibility index (Phi) is 10.0. The lowest BCUT2D eigenvalue weighted by Gasteiger charge is -2.30. The molecule has 7 N–H and O–H groups in total. The van der Waals surface area contributed by atoms with Crippen molar-refractivity contribution in [1.82, 2.24) is 15.5 Å². The van der Waals surface area contributed by atoms with E-state index in [-0.39, 0.29) is 11.8 Å². The number of likely N-dealkylation sites (tertiary alicyclic amines) is 1. The lowest BCUT2D eigenvalue weighted by atomic mass is 10.0. The molecule has 1 rings (SSSR count). The normalized spacial score (nSPS) is 19.5. The summed E-state index contributed by atoms with van der Waals surface area (Å²) in [4.78, 5) is 50.5. The number of amides is 3. The number of nitrogens with one attached hydrogen (secondary N) is 2. The number of carbonyl (C=O) groups is 4. The maximum absolute atomic E-state index is 13.1. The quantitative estimate of drug-likeness (QED) is 0.275. The average molecular weight is 414 g/mol. The van der Waals surface area contributed by atoms with Crippen LogP contribution in [0.4, 0.5) is 0 Å². The molecule has 0 aliphatic carbocycles. The summed E-state index contributed by atoms with van der Waals surface area (Å²) in [7, 11) is 0. The van der Waals surface area contributed by atoms with Gasteiger partial charge in [-0.3, -0.25) is 19.2 Å². The smallest absolute Gasteiger partial charge is 0.325 e. The summed E-state index contributed by atoms with van der Waals surface area (Å²) in [5.74, 6) is -2.50. The number of carbonyl (C=O) groups excluding carboxylic acids is 3. The van der Waals surface area contributed by atoms with Gasteiger partial charge in [-0.25, -0.2) is 0 Å². The summed E-state index contributed by atoms with van der Waals surface area (Å²) >= 11 is 0. The molecule has 3 amide bonds. The van der Waals surface area contributed by atoms with Crippen molar-refractivity contribution in [3.8, 4) is 0 Å². The summed E-state index contributed by atoms with van der Waals surface area (Å²) in [6.45, 7) is 5.85. The topological polar surface area (TPSA) is 168 Å². The van der Waals surface area contributed by atoms with Crippen LogP contribution in [-0.4, -0.2) is 71.0 Å². The molecular weight excluding hydrogens is 378 g/mol. The molecule has 1 aliphatic rings. The minimum absolute atomic E-state index is 0.0855. The molecule has 0 aromatic rings. The van der Waals surface area contributed by atoms with Crippen molar-refractivity contribution < 1.29 is 24.3 Å². The third kappa shape index (κ3) is 7.28. The number of rotatable bonds is 11. The highest BCUT2D eigenvalue weighted by molar-refractivity contribution is 5.94. The van der Waals surface area contributed by atoms with Crippen molar-refractivity contribution in [2.75, 3.05) is 13.1 Å². The van der Waals surface area contributed by atoms with Crippen molar-refractivity contribution in [1.29, 1.82) is 0 Å². The molecule has 4 unspecified atom stereocenters. The highest BCUT2D eigenvalue weighted by Gasteiger charge is 2.38. The molecule has 1 heterocycles. The van der Waals surface area contributed by atoms with Crippen LogP contribution >= 0.6 is 0 Å². The minimum atomic E-state index is -1.15. The second-order valence-electron chi connectivity index (χ2n) is 7.87. The van der Waals surface area contributed by atoms with E-state index in [2.05, 4.69) is 10.6 Å². The number of nitrogens with two attached hydrogens (primary N) is 2. The molecule has 0 spiro atoms. The maximum Gasteiger partial charge on any atom is 0.325 e. The van der Waals surface area contributed by atoms with E-state index in [0.717, 1.165) is 0 Å². The molecule has 0 bridgehead atoms. The second-order valence-corrected chi connectivity index (χ2v) is 7.87. The zero-order chi connectivity index (χ0) is 22.1. The van der Waals surface area contributed by atoms with Gasteiger partial charge in [0.25, 0.3) is 0 Å². The van der Waals surface area contributed by atoms with E-state index in [9.17, 15) is 19.2 Å². The third-order valence-electron chi connectivity index (χ3n) is 5.15. The number of carboxylic acids is 1. The number of aliphatic carboxylic acids is 1. The zero-order valence-corrected chi connectivity index (χ0v) is 17.5. The number of carboxylic acid groups (broad SMARTS) is 1. The van der Waals surface area contributed by atoms with E-state index in [4.69, 9.17) is 16.6 Å². The molecule has 0 radical (unpaired) electrons. The first kappa shape index (κ1) is 24.8. The summed E-state index contributed by atoms with van der Waals surface area (Å²) in [6.07, 6.45) is 2.81. The Bertz CT molecular complexity index is 598. The predicted octanol–water partition coefficient (Wildman–Crippen LogP) is -0.836. The van der Waals surface area contributed by atoms with Gasteiger partial charge < -0.3 is 32.1 Å². The van der Waals surface area contributed by atoms with Crippen LogP contribution in [0.5, 0.6) is 0 Å². The Labute approximate surface area is 171 Å². The van der Waals surface area contributed by atoms with Crippen molar-refractivity contribution in [2.45, 2.75) is 77.0 Å². The molecule has 0 aromatic carbocycles. The molecule has 1 fully saturated rings. The van der Waals surface area contributed by atoms with Crippen LogP contribution in [0, 0.1) is 5.92 Å². The summed E-state index contributed by atoms with van der Waals surface area (Å²) in [6, 6.07) is -3.35. The average Bonchev–Trinajstić information content (AvgIpc) is 3.15. The molecular formula is C19H35N5O5. The fourth-order valence-corrected chi connectivity index (χ4v) is 3.20. The first-order valence-electron chi connectivity index (χ1n) is 10.2. The van der Waals surface area contributed by atoms with Gasteiger partial charge in [0.1, 0.15) is 18.1 Å². The number of unbranched alkanes of at least 4 members (excludes halogenated alkanes) is 1. The molecule has 4 atom stereocenters. The molecule has 0 aromatic heterocycles. The number of hydrogen-bond acceptors (Lipinski definition) is 6. The van der Waals surface area contributed by atoms with E-state index in [1.165, 1.54) is 11.8 Å². The zero-order valence-electron chi connectivity index (χ0n) is 17.5. The van der Waals surface area contributed by atoms with E-state index >= 15 is 0 Å². The van der Waals surface area contributed by atoms with Gasteiger partial charge in [-0.05, 0) is 51.5 Å². The van der Waals surface area contributed by atoms with E-state index in [1.54, 1.807) is 0 Å². The molecule has 1 aliphatic heterocycles. The van der Waals surface area contributed by atoms with Crippen LogP contribution in [-0.2, 0) is 19.2 Å². The van der Waals surface area contributed by atoms with Gasteiger partial charge in [-0.2, -0.15) is 0 Å². The number of nitrogens with zero attached hydrogens (tertiary/aromatic N) is 1. The van der Waals surface area contributed by atoms with Crippen LogP contribution in [0.25, 0.3) is 0 Å². The highest BCUT2D eigenvalue weighted by Crippen LogP contribution is 2.20. The van der Waals surface area contributed by atoms with Gasteiger partial charge in [0, 0.05) is 6.54 Å². The Morgan fingerprint density at radius 1 is 1.14 bits per heavy atom. The van der Waals surface area contributed by atoms with Crippen molar-refractivity contribution in [3.05, 3.63) is 0 Å². The van der Waals surface area contributed by atoms with Gasteiger partial charge in [0.15, 0.2) is 0 Å². The largest absolute Gasteiger partial charge is 0.480 e. The molecule has 1 saturated heterocycles. The molecule has 166 valence electrons. The highest BCUT2D eigenvalue weighted by atomic mass is 16.4. The summed E-state index contributed by atoms with van der Waals surface area (Å²) < 4.78 is 0. The Morgan fingerprint density at radius 2 is 1.79 bits per heavy atom. The third-order valence-corrected chi connectivity index (χ3v) is 5.15. The van der Waals surface area contributed by atoms with Crippen LogP contribution < -0.4 is 22.1 Å². The Balaban J connectivity index is 2.90. The first-order chi connectivity index (χ1) is 13.6. The van der Waals surface area contributed by atoms with Crippen molar-refractivity contribution >= 4 is 23.7 Å². The molecule has 29 heavy (non-hydrogen) atoms. The lowest BCUT2D eigenvalue weighted by molar-refractivity contribution is -0.144. The Morgan fingerprint density at radius 3 is 2.34 bits per heavy atom. The molecule has 0 saturated carbocycles. The molecule has 10 heteroatoms. The lowest BCUT2D eigenvalue weighted by Crippen LogP contribution is -2.57. The van der Waals surface area contributed by atoms with E-state index in [1.807, 2.05) is 13.8 Å². The fraction of sp³-hybridized carbons (Fsp3) is 0.789.